The van der Waals surface area contributed by atoms with Crippen molar-refractivity contribution in [3.05, 3.63) is 22.4 Å². The Kier molecular flexibility index (Phi) is 8.58. The predicted octanol–water partition coefficient (Wildman–Crippen LogP) is 2.50. The van der Waals surface area contributed by atoms with Crippen molar-refractivity contribution in [2.45, 2.75) is 39.3 Å². The number of nitrogens with one attached hydrogen (secondary N) is 1. The number of hydrogen-bond donors (Lipinski definition) is 1. The zero-order chi connectivity index (χ0) is 19.8. The van der Waals surface area contributed by atoms with E-state index >= 15 is 0 Å². The molecule has 1 aromatic heterocycles. The number of morpholine rings is 1. The minimum absolute atomic E-state index is 0.354. The Morgan fingerprint density at radius 2 is 2.07 bits per heavy atom. The SMILES string of the molecule is CCNC(=NCC(c1ccsc1)N(CC)CC)N1CCC(N2CCOCC2)C1. The summed E-state index contributed by atoms with van der Waals surface area (Å²) in [6.45, 7) is 16.5. The summed E-state index contributed by atoms with van der Waals surface area (Å²) >= 11 is 1.78. The van der Waals surface area contributed by atoms with E-state index in [4.69, 9.17) is 9.73 Å². The van der Waals surface area contributed by atoms with E-state index in [1.165, 1.54) is 12.0 Å². The highest BCUT2D eigenvalue weighted by molar-refractivity contribution is 7.07. The lowest BCUT2D eigenvalue weighted by atomic mass is 10.1. The first kappa shape index (κ1) is 21.6. The number of thiophene rings is 1. The summed E-state index contributed by atoms with van der Waals surface area (Å²) in [6.07, 6.45) is 1.22. The molecule has 0 radical (unpaired) electrons. The molecule has 0 spiro atoms. The van der Waals surface area contributed by atoms with E-state index in [1.807, 2.05) is 0 Å². The van der Waals surface area contributed by atoms with Gasteiger partial charge in [-0.05, 0) is 48.8 Å². The van der Waals surface area contributed by atoms with Crippen molar-refractivity contribution in [3.63, 3.8) is 0 Å². The Labute approximate surface area is 174 Å². The second-order valence-corrected chi connectivity index (χ2v) is 8.31. The summed E-state index contributed by atoms with van der Waals surface area (Å²) in [5.41, 5.74) is 1.39. The minimum atomic E-state index is 0.354. The van der Waals surface area contributed by atoms with Crippen LogP contribution in [0.1, 0.15) is 38.8 Å². The first-order chi connectivity index (χ1) is 13.8. The van der Waals surface area contributed by atoms with E-state index in [2.05, 4.69) is 57.6 Å². The molecule has 6 nitrogen and oxygen atoms in total. The number of likely N-dealkylation sites (N-methyl/N-ethyl adjacent to an activating group) is 1. The van der Waals surface area contributed by atoms with Crippen LogP contribution in [0, 0.1) is 0 Å². The third-order valence-corrected chi connectivity index (χ3v) is 6.66. The molecule has 7 heteroatoms. The van der Waals surface area contributed by atoms with E-state index in [0.29, 0.717) is 12.1 Å². The monoisotopic (exact) mass is 407 g/mol. The summed E-state index contributed by atoms with van der Waals surface area (Å²) in [5.74, 6) is 1.07. The molecular weight excluding hydrogens is 370 g/mol. The van der Waals surface area contributed by atoms with Crippen LogP contribution in [-0.4, -0.2) is 92.3 Å². The van der Waals surface area contributed by atoms with Gasteiger partial charge in [-0.3, -0.25) is 14.8 Å². The molecular formula is C21H37N5OS. The van der Waals surface area contributed by atoms with Crippen LogP contribution in [0.25, 0.3) is 0 Å². The maximum absolute atomic E-state index is 5.52. The summed E-state index contributed by atoms with van der Waals surface area (Å²) in [4.78, 5) is 12.7. The predicted molar refractivity (Wildman–Crippen MR) is 118 cm³/mol. The van der Waals surface area contributed by atoms with Gasteiger partial charge in [0.15, 0.2) is 5.96 Å². The molecule has 28 heavy (non-hydrogen) atoms. The number of aliphatic imine (C=N–C) groups is 1. The van der Waals surface area contributed by atoms with Crippen LogP contribution in [0.4, 0.5) is 0 Å². The molecule has 2 saturated heterocycles. The normalized spacial score (nSPS) is 22.8. The van der Waals surface area contributed by atoms with Crippen LogP contribution in [-0.2, 0) is 4.74 Å². The van der Waals surface area contributed by atoms with Gasteiger partial charge in [-0.1, -0.05) is 13.8 Å². The van der Waals surface area contributed by atoms with Gasteiger partial charge in [0.25, 0.3) is 0 Å². The number of guanidine groups is 1. The summed E-state index contributed by atoms with van der Waals surface area (Å²) in [5, 5.41) is 7.99. The fraction of sp³-hybridized carbons (Fsp3) is 0.762. The molecule has 2 aliphatic rings. The lowest BCUT2D eigenvalue weighted by Crippen LogP contribution is -2.47. The minimum Gasteiger partial charge on any atom is -0.379 e. The fourth-order valence-electron chi connectivity index (χ4n) is 4.33. The lowest BCUT2D eigenvalue weighted by Gasteiger charge is -2.32. The summed E-state index contributed by atoms with van der Waals surface area (Å²) < 4.78 is 5.52. The van der Waals surface area contributed by atoms with Gasteiger partial charge >= 0.3 is 0 Å². The molecule has 1 N–H and O–H groups in total. The maximum Gasteiger partial charge on any atom is 0.194 e. The maximum atomic E-state index is 5.52. The molecule has 2 unspecified atom stereocenters. The highest BCUT2D eigenvalue weighted by Gasteiger charge is 2.30. The fourth-order valence-corrected chi connectivity index (χ4v) is 5.04. The molecule has 1 aromatic rings. The van der Waals surface area contributed by atoms with Crippen LogP contribution in [0.15, 0.2) is 21.8 Å². The van der Waals surface area contributed by atoms with Crippen molar-refractivity contribution in [3.8, 4) is 0 Å². The topological polar surface area (TPSA) is 43.3 Å². The molecule has 158 valence electrons. The Morgan fingerprint density at radius 1 is 1.29 bits per heavy atom. The summed E-state index contributed by atoms with van der Waals surface area (Å²) in [6, 6.07) is 3.23. The number of ether oxygens (including phenoxy) is 1. The third kappa shape index (κ3) is 5.47. The van der Waals surface area contributed by atoms with Crippen LogP contribution in [0.5, 0.6) is 0 Å². The molecule has 0 aliphatic carbocycles. The Bertz CT molecular complexity index is 584. The van der Waals surface area contributed by atoms with Gasteiger partial charge in [0.05, 0.1) is 25.8 Å². The van der Waals surface area contributed by atoms with Gasteiger partial charge in [0.1, 0.15) is 0 Å². The molecule has 2 atom stereocenters. The molecule has 0 aromatic carbocycles. The Balaban J connectivity index is 1.67. The zero-order valence-corrected chi connectivity index (χ0v) is 18.6. The average Bonchev–Trinajstić information content (AvgIpc) is 3.43. The van der Waals surface area contributed by atoms with E-state index in [0.717, 1.165) is 71.5 Å². The van der Waals surface area contributed by atoms with Gasteiger partial charge < -0.3 is 15.0 Å². The molecule has 0 bridgehead atoms. The quantitative estimate of drug-likeness (QED) is 0.530. The van der Waals surface area contributed by atoms with Crippen LogP contribution < -0.4 is 5.32 Å². The highest BCUT2D eigenvalue weighted by Crippen LogP contribution is 2.24. The molecule has 2 fully saturated rings. The number of nitrogens with zero attached hydrogens (tertiary/aromatic N) is 4. The number of hydrogen-bond acceptors (Lipinski definition) is 5. The zero-order valence-electron chi connectivity index (χ0n) is 17.8. The number of likely N-dealkylation sites (tertiary alicyclic amines) is 1. The van der Waals surface area contributed by atoms with Crippen molar-refractivity contribution in [1.29, 1.82) is 0 Å². The molecule has 2 aliphatic heterocycles. The van der Waals surface area contributed by atoms with E-state index < -0.39 is 0 Å². The largest absolute Gasteiger partial charge is 0.379 e. The lowest BCUT2D eigenvalue weighted by molar-refractivity contribution is 0.0195. The van der Waals surface area contributed by atoms with Gasteiger partial charge in [0, 0.05) is 38.8 Å². The standard InChI is InChI=1S/C21H37N5OS/c1-4-22-21(26-9-7-19(16-26)25-10-12-27-13-11-25)23-15-20(24(5-2)6-3)18-8-14-28-17-18/h8,14,17,19-20H,4-7,9-13,15-16H2,1-3H3,(H,22,23). The van der Waals surface area contributed by atoms with E-state index in [-0.39, 0.29) is 0 Å². The van der Waals surface area contributed by atoms with Crippen LogP contribution >= 0.6 is 11.3 Å². The molecule has 3 heterocycles. The molecule has 0 amide bonds. The van der Waals surface area contributed by atoms with Crippen molar-refractivity contribution >= 4 is 17.3 Å². The van der Waals surface area contributed by atoms with Crippen molar-refractivity contribution in [2.24, 2.45) is 4.99 Å². The molecule has 0 saturated carbocycles. The van der Waals surface area contributed by atoms with Crippen molar-refractivity contribution in [2.75, 3.05) is 65.6 Å². The average molecular weight is 408 g/mol. The van der Waals surface area contributed by atoms with E-state index in [1.54, 1.807) is 11.3 Å². The summed E-state index contributed by atoms with van der Waals surface area (Å²) in [7, 11) is 0. The van der Waals surface area contributed by atoms with Crippen molar-refractivity contribution < 1.29 is 4.74 Å². The van der Waals surface area contributed by atoms with Crippen molar-refractivity contribution in [1.82, 2.24) is 20.0 Å². The smallest absolute Gasteiger partial charge is 0.194 e. The van der Waals surface area contributed by atoms with Crippen LogP contribution in [0.3, 0.4) is 0 Å². The van der Waals surface area contributed by atoms with Gasteiger partial charge in [0.2, 0.25) is 0 Å². The first-order valence-corrected chi connectivity index (χ1v) is 11.8. The Morgan fingerprint density at radius 3 is 2.71 bits per heavy atom. The van der Waals surface area contributed by atoms with Gasteiger partial charge in [-0.25, -0.2) is 0 Å². The second-order valence-electron chi connectivity index (χ2n) is 7.53. The molecule has 3 rings (SSSR count). The second kappa shape index (κ2) is 11.1. The van der Waals surface area contributed by atoms with E-state index in [9.17, 15) is 0 Å². The first-order valence-electron chi connectivity index (χ1n) is 10.9. The number of rotatable bonds is 8. The highest BCUT2D eigenvalue weighted by atomic mass is 32.1. The van der Waals surface area contributed by atoms with Gasteiger partial charge in [-0.2, -0.15) is 11.3 Å². The van der Waals surface area contributed by atoms with Gasteiger partial charge in [-0.15, -0.1) is 0 Å². The third-order valence-electron chi connectivity index (χ3n) is 5.95. The van der Waals surface area contributed by atoms with Crippen LogP contribution in [0.2, 0.25) is 0 Å². The Hall–Kier alpha value is -1.15.